The smallest absolute Gasteiger partial charge is 0.123 e. The lowest BCUT2D eigenvalue weighted by Gasteiger charge is -2.39. The van der Waals surface area contributed by atoms with E-state index in [2.05, 4.69) is 38.9 Å². The van der Waals surface area contributed by atoms with Crippen LogP contribution in [-0.4, -0.2) is 28.9 Å². The van der Waals surface area contributed by atoms with Gasteiger partial charge in [0.05, 0.1) is 0 Å². The average molecular weight is 361 g/mol. The standard InChI is InChI=1S/C19H21FN2S2/c20-16-5-3-15(4-6-16)19-22(11-13-24-19)17-7-9-21(10-8-17)14-18-2-1-12-23-18/h1-6,11-13,17,19H,7-10,14H2. The number of piperidine rings is 1. The molecule has 0 bridgehead atoms. The molecule has 1 aromatic heterocycles. The van der Waals surface area contributed by atoms with Gasteiger partial charge in [-0.25, -0.2) is 4.39 Å². The number of benzene rings is 1. The van der Waals surface area contributed by atoms with Crippen LogP contribution in [0.5, 0.6) is 0 Å². The number of thioether (sulfide) groups is 1. The zero-order chi connectivity index (χ0) is 16.4. The van der Waals surface area contributed by atoms with Crippen molar-refractivity contribution in [2.24, 2.45) is 0 Å². The fourth-order valence-corrected chi connectivity index (χ4v) is 5.32. The van der Waals surface area contributed by atoms with Crippen LogP contribution >= 0.6 is 23.1 Å². The van der Waals surface area contributed by atoms with Crippen LogP contribution in [0.25, 0.3) is 0 Å². The van der Waals surface area contributed by atoms with Gasteiger partial charge in [-0.1, -0.05) is 18.2 Å². The van der Waals surface area contributed by atoms with Gasteiger partial charge >= 0.3 is 0 Å². The van der Waals surface area contributed by atoms with Crippen LogP contribution < -0.4 is 0 Å². The molecule has 24 heavy (non-hydrogen) atoms. The fraction of sp³-hybridized carbons (Fsp3) is 0.368. The van der Waals surface area contributed by atoms with Crippen molar-refractivity contribution < 1.29 is 4.39 Å². The monoisotopic (exact) mass is 360 g/mol. The Bertz CT molecular complexity index is 676. The summed E-state index contributed by atoms with van der Waals surface area (Å²) in [6.45, 7) is 3.37. The van der Waals surface area contributed by atoms with Crippen molar-refractivity contribution in [1.82, 2.24) is 9.80 Å². The molecule has 1 atom stereocenters. The van der Waals surface area contributed by atoms with E-state index in [4.69, 9.17) is 0 Å². The first-order valence-corrected chi connectivity index (χ1v) is 10.2. The van der Waals surface area contributed by atoms with E-state index in [1.165, 1.54) is 23.3 Å². The van der Waals surface area contributed by atoms with Crippen LogP contribution in [0.4, 0.5) is 4.39 Å². The van der Waals surface area contributed by atoms with Gasteiger partial charge in [0.25, 0.3) is 0 Å². The van der Waals surface area contributed by atoms with Gasteiger partial charge in [0.2, 0.25) is 0 Å². The van der Waals surface area contributed by atoms with Crippen molar-refractivity contribution in [2.45, 2.75) is 30.8 Å². The zero-order valence-electron chi connectivity index (χ0n) is 13.5. The number of nitrogens with zero attached hydrogens (tertiary/aromatic N) is 2. The van der Waals surface area contributed by atoms with Crippen molar-refractivity contribution in [3.63, 3.8) is 0 Å². The Hall–Kier alpha value is -1.30. The Morgan fingerprint density at radius 2 is 1.88 bits per heavy atom. The molecule has 2 aromatic rings. The summed E-state index contributed by atoms with van der Waals surface area (Å²) >= 11 is 3.66. The van der Waals surface area contributed by atoms with Crippen molar-refractivity contribution in [3.05, 3.63) is 69.6 Å². The number of hydrogen-bond donors (Lipinski definition) is 0. The number of rotatable bonds is 4. The highest BCUT2D eigenvalue weighted by molar-refractivity contribution is 8.02. The van der Waals surface area contributed by atoms with Crippen molar-refractivity contribution in [3.8, 4) is 0 Å². The molecule has 0 spiro atoms. The maximum absolute atomic E-state index is 13.2. The molecule has 5 heteroatoms. The van der Waals surface area contributed by atoms with E-state index in [-0.39, 0.29) is 5.82 Å². The van der Waals surface area contributed by atoms with Gasteiger partial charge in [-0.05, 0) is 47.4 Å². The summed E-state index contributed by atoms with van der Waals surface area (Å²) in [4.78, 5) is 6.48. The maximum Gasteiger partial charge on any atom is 0.123 e. The molecule has 2 aliphatic rings. The molecule has 0 saturated carbocycles. The Morgan fingerprint density at radius 3 is 2.58 bits per heavy atom. The maximum atomic E-state index is 13.2. The molecular formula is C19H21FN2S2. The molecule has 1 unspecified atom stereocenters. The summed E-state index contributed by atoms with van der Waals surface area (Å²) in [5.74, 6) is -0.164. The molecule has 1 aromatic carbocycles. The van der Waals surface area contributed by atoms with Gasteiger partial charge in [0, 0.05) is 36.8 Å². The number of halogens is 1. The second-order valence-electron chi connectivity index (χ2n) is 6.36. The van der Waals surface area contributed by atoms with Crippen molar-refractivity contribution in [2.75, 3.05) is 13.1 Å². The molecule has 1 saturated heterocycles. The zero-order valence-corrected chi connectivity index (χ0v) is 15.1. The van der Waals surface area contributed by atoms with Gasteiger partial charge in [0.15, 0.2) is 0 Å². The lowest BCUT2D eigenvalue weighted by Crippen LogP contribution is -2.42. The molecular weight excluding hydrogens is 339 g/mol. The molecule has 0 radical (unpaired) electrons. The molecule has 126 valence electrons. The first-order valence-electron chi connectivity index (χ1n) is 8.39. The van der Waals surface area contributed by atoms with Crippen LogP contribution in [0.2, 0.25) is 0 Å². The number of thiophene rings is 1. The molecule has 0 N–H and O–H groups in total. The summed E-state index contributed by atoms with van der Waals surface area (Å²) in [5, 5.41) is 4.62. The first kappa shape index (κ1) is 16.2. The fourth-order valence-electron chi connectivity index (χ4n) is 3.52. The predicted octanol–water partition coefficient (Wildman–Crippen LogP) is 5.07. The van der Waals surface area contributed by atoms with E-state index in [0.717, 1.165) is 19.6 Å². The quantitative estimate of drug-likeness (QED) is 0.751. The summed E-state index contributed by atoms with van der Waals surface area (Å²) in [6.07, 6.45) is 4.60. The molecule has 4 rings (SSSR count). The minimum absolute atomic E-state index is 0.164. The largest absolute Gasteiger partial charge is 0.358 e. The van der Waals surface area contributed by atoms with Gasteiger partial charge in [-0.3, -0.25) is 4.90 Å². The second-order valence-corrected chi connectivity index (χ2v) is 8.38. The first-order chi connectivity index (χ1) is 11.8. The van der Waals surface area contributed by atoms with E-state index in [0.29, 0.717) is 11.4 Å². The summed E-state index contributed by atoms with van der Waals surface area (Å²) in [7, 11) is 0. The van der Waals surface area contributed by atoms with Crippen molar-refractivity contribution >= 4 is 23.1 Å². The Kier molecular flexibility index (Phi) is 4.92. The molecule has 3 heterocycles. The molecule has 1 fully saturated rings. The van der Waals surface area contributed by atoms with Crippen LogP contribution in [0.1, 0.15) is 28.7 Å². The van der Waals surface area contributed by atoms with Crippen molar-refractivity contribution in [1.29, 1.82) is 0 Å². The van der Waals surface area contributed by atoms with Crippen LogP contribution in [0.3, 0.4) is 0 Å². The SMILES string of the molecule is Fc1ccc(C2SC=CN2C2CCN(Cc3cccs3)CC2)cc1. The number of hydrogen-bond acceptors (Lipinski definition) is 4. The lowest BCUT2D eigenvalue weighted by atomic mass is 10.0. The minimum Gasteiger partial charge on any atom is -0.358 e. The molecule has 0 amide bonds. The van der Waals surface area contributed by atoms with E-state index < -0.39 is 0 Å². The highest BCUT2D eigenvalue weighted by Gasteiger charge is 2.31. The Labute approximate surface area is 151 Å². The topological polar surface area (TPSA) is 6.48 Å². The normalized spacial score (nSPS) is 22.4. The van der Waals surface area contributed by atoms with Crippen LogP contribution in [0.15, 0.2) is 53.4 Å². The van der Waals surface area contributed by atoms with E-state index in [9.17, 15) is 4.39 Å². The summed E-state index contributed by atoms with van der Waals surface area (Å²) in [6, 6.07) is 11.9. The van der Waals surface area contributed by atoms with E-state index in [1.807, 2.05) is 35.2 Å². The average Bonchev–Trinajstić information content (AvgIpc) is 3.28. The minimum atomic E-state index is -0.164. The lowest BCUT2D eigenvalue weighted by molar-refractivity contribution is 0.133. The van der Waals surface area contributed by atoms with Gasteiger partial charge in [-0.15, -0.1) is 23.1 Å². The van der Waals surface area contributed by atoms with Crippen LogP contribution in [0, 0.1) is 5.82 Å². The Morgan fingerprint density at radius 1 is 1.08 bits per heavy atom. The molecule has 0 aliphatic carbocycles. The predicted molar refractivity (Wildman–Crippen MR) is 100 cm³/mol. The number of likely N-dealkylation sites (tertiary alicyclic amines) is 1. The third kappa shape index (κ3) is 3.53. The molecule has 2 nitrogen and oxygen atoms in total. The Balaban J connectivity index is 1.37. The molecule has 2 aliphatic heterocycles. The van der Waals surface area contributed by atoms with E-state index in [1.54, 1.807) is 12.1 Å². The van der Waals surface area contributed by atoms with Crippen LogP contribution in [-0.2, 0) is 6.54 Å². The highest BCUT2D eigenvalue weighted by Crippen LogP contribution is 2.41. The summed E-state index contributed by atoms with van der Waals surface area (Å²) in [5.41, 5.74) is 1.19. The van der Waals surface area contributed by atoms with Gasteiger partial charge < -0.3 is 4.90 Å². The van der Waals surface area contributed by atoms with E-state index >= 15 is 0 Å². The summed E-state index contributed by atoms with van der Waals surface area (Å²) < 4.78 is 13.2. The third-order valence-corrected chi connectivity index (χ3v) is 6.72. The van der Waals surface area contributed by atoms with Gasteiger partial charge in [0.1, 0.15) is 11.2 Å². The highest BCUT2D eigenvalue weighted by atomic mass is 32.2. The third-order valence-electron chi connectivity index (χ3n) is 4.80. The second kappa shape index (κ2) is 7.30. The van der Waals surface area contributed by atoms with Gasteiger partial charge in [-0.2, -0.15) is 0 Å².